The van der Waals surface area contributed by atoms with E-state index < -0.39 is 0 Å². The topological polar surface area (TPSA) is 46.1 Å². The molecule has 2 aliphatic heterocycles. The molecule has 3 fully saturated rings. The van der Waals surface area contributed by atoms with Gasteiger partial charge in [-0.1, -0.05) is 13.8 Å². The molecule has 0 bridgehead atoms. The van der Waals surface area contributed by atoms with Crippen LogP contribution in [0.4, 0.5) is 0 Å². The highest BCUT2D eigenvalue weighted by molar-refractivity contribution is 5.81. The van der Waals surface area contributed by atoms with Gasteiger partial charge in [0.2, 0.25) is 0 Å². The van der Waals surface area contributed by atoms with Crippen LogP contribution in [0.2, 0.25) is 0 Å². The molecule has 5 heteroatoms. The van der Waals surface area contributed by atoms with Crippen molar-refractivity contribution in [2.75, 3.05) is 40.0 Å². The first-order valence-corrected chi connectivity index (χ1v) is 9.55. The number of aliphatic imine (C=N–C) groups is 1. The molecule has 2 unspecified atom stereocenters. The Balaban J connectivity index is 1.66. The van der Waals surface area contributed by atoms with Crippen LogP contribution in [0, 0.1) is 10.8 Å². The van der Waals surface area contributed by atoms with Crippen LogP contribution in [0.25, 0.3) is 0 Å². The first-order valence-electron chi connectivity index (χ1n) is 9.55. The van der Waals surface area contributed by atoms with Crippen LogP contribution in [-0.2, 0) is 9.47 Å². The number of ether oxygens (including phenoxy) is 2. The van der Waals surface area contributed by atoms with Gasteiger partial charge in [0, 0.05) is 51.4 Å². The third-order valence-corrected chi connectivity index (χ3v) is 7.18. The number of hydrogen-bond donors (Lipinski definition) is 1. The predicted octanol–water partition coefficient (Wildman–Crippen LogP) is 2.66. The molecule has 5 nitrogen and oxygen atoms in total. The minimum absolute atomic E-state index is 0.0467. The summed E-state index contributed by atoms with van der Waals surface area (Å²) in [5.41, 5.74) is 0.506. The van der Waals surface area contributed by atoms with Crippen LogP contribution in [0.15, 0.2) is 4.99 Å². The molecule has 0 amide bonds. The Hall–Kier alpha value is -0.810. The van der Waals surface area contributed by atoms with Gasteiger partial charge in [-0.3, -0.25) is 4.99 Å². The molecule has 1 N–H and O–H groups in total. The smallest absolute Gasteiger partial charge is 0.194 e. The molecule has 0 radical (unpaired) electrons. The Bertz CT molecular complexity index is 485. The van der Waals surface area contributed by atoms with Crippen molar-refractivity contribution in [3.63, 3.8) is 0 Å². The second-order valence-electron chi connectivity index (χ2n) is 8.64. The van der Waals surface area contributed by atoms with E-state index in [9.17, 15) is 0 Å². The maximum Gasteiger partial charge on any atom is 0.194 e. The Kier molecular flexibility index (Phi) is 4.86. The second kappa shape index (κ2) is 6.49. The molecular formula is C19H35N3O2. The third-order valence-electron chi connectivity index (χ3n) is 7.18. The van der Waals surface area contributed by atoms with E-state index in [-0.39, 0.29) is 11.0 Å². The fourth-order valence-corrected chi connectivity index (χ4v) is 4.59. The van der Waals surface area contributed by atoms with Gasteiger partial charge < -0.3 is 19.7 Å². The van der Waals surface area contributed by atoms with Crippen molar-refractivity contribution in [3.8, 4) is 0 Å². The first-order chi connectivity index (χ1) is 11.4. The highest BCUT2D eigenvalue weighted by atomic mass is 16.5. The Morgan fingerprint density at radius 1 is 1.25 bits per heavy atom. The van der Waals surface area contributed by atoms with Gasteiger partial charge in [-0.15, -0.1) is 0 Å². The Morgan fingerprint density at radius 2 is 1.96 bits per heavy atom. The van der Waals surface area contributed by atoms with E-state index in [1.165, 1.54) is 19.3 Å². The molecule has 138 valence electrons. The SMILES string of the molecule is CCN=C(NC1CC(C)(OC)C1(C)C)N1CCC2(CCOCC2)C1. The minimum atomic E-state index is -0.0467. The van der Waals surface area contributed by atoms with Crippen molar-refractivity contribution in [2.45, 2.75) is 65.0 Å². The molecule has 0 aromatic heterocycles. The van der Waals surface area contributed by atoms with Crippen molar-refractivity contribution in [1.82, 2.24) is 10.2 Å². The molecule has 24 heavy (non-hydrogen) atoms. The van der Waals surface area contributed by atoms with Gasteiger partial charge in [0.05, 0.1) is 5.60 Å². The molecule has 1 aliphatic carbocycles. The van der Waals surface area contributed by atoms with Gasteiger partial charge in [0.15, 0.2) is 5.96 Å². The van der Waals surface area contributed by atoms with Crippen molar-refractivity contribution in [3.05, 3.63) is 0 Å². The number of rotatable bonds is 3. The third kappa shape index (κ3) is 2.94. The monoisotopic (exact) mass is 337 g/mol. The zero-order valence-electron chi connectivity index (χ0n) is 16.2. The number of guanidine groups is 1. The summed E-state index contributed by atoms with van der Waals surface area (Å²) in [6.07, 6.45) is 4.69. The van der Waals surface area contributed by atoms with E-state index in [1.807, 2.05) is 7.11 Å². The van der Waals surface area contributed by atoms with Crippen LogP contribution in [0.5, 0.6) is 0 Å². The molecule has 3 rings (SSSR count). The van der Waals surface area contributed by atoms with Gasteiger partial charge in [-0.05, 0) is 44.9 Å². The maximum atomic E-state index is 5.77. The lowest BCUT2D eigenvalue weighted by atomic mass is 9.56. The number of likely N-dealkylation sites (tertiary alicyclic amines) is 1. The number of nitrogens with zero attached hydrogens (tertiary/aromatic N) is 2. The molecule has 3 aliphatic rings. The summed E-state index contributed by atoms with van der Waals surface area (Å²) in [5, 5.41) is 3.76. The maximum absolute atomic E-state index is 5.77. The quantitative estimate of drug-likeness (QED) is 0.635. The van der Waals surface area contributed by atoms with Crippen LogP contribution in [-0.4, -0.2) is 62.5 Å². The molecule has 1 spiro atoms. The molecular weight excluding hydrogens is 302 g/mol. The fraction of sp³-hybridized carbons (Fsp3) is 0.947. The molecule has 2 heterocycles. The summed E-state index contributed by atoms with van der Waals surface area (Å²) in [6.45, 7) is 13.8. The van der Waals surface area contributed by atoms with Gasteiger partial charge in [-0.25, -0.2) is 0 Å². The largest absolute Gasteiger partial charge is 0.381 e. The summed E-state index contributed by atoms with van der Waals surface area (Å²) in [6, 6.07) is 0.416. The molecule has 2 atom stereocenters. The molecule has 2 saturated heterocycles. The summed E-state index contributed by atoms with van der Waals surface area (Å²) in [4.78, 5) is 7.28. The van der Waals surface area contributed by atoms with E-state index in [0.717, 1.165) is 45.2 Å². The number of nitrogens with one attached hydrogen (secondary N) is 1. The van der Waals surface area contributed by atoms with Crippen LogP contribution in [0.1, 0.15) is 53.4 Å². The summed E-state index contributed by atoms with van der Waals surface area (Å²) in [7, 11) is 1.83. The average molecular weight is 338 g/mol. The fourth-order valence-electron chi connectivity index (χ4n) is 4.59. The van der Waals surface area contributed by atoms with Crippen molar-refractivity contribution in [2.24, 2.45) is 15.8 Å². The van der Waals surface area contributed by atoms with Crippen LogP contribution in [0.3, 0.4) is 0 Å². The van der Waals surface area contributed by atoms with Crippen molar-refractivity contribution in [1.29, 1.82) is 0 Å². The van der Waals surface area contributed by atoms with Crippen LogP contribution >= 0.6 is 0 Å². The summed E-state index contributed by atoms with van der Waals surface area (Å²) in [5.74, 6) is 1.09. The number of methoxy groups -OCH3 is 1. The van der Waals surface area contributed by atoms with E-state index >= 15 is 0 Å². The van der Waals surface area contributed by atoms with Gasteiger partial charge in [-0.2, -0.15) is 0 Å². The van der Waals surface area contributed by atoms with E-state index in [0.29, 0.717) is 11.5 Å². The Morgan fingerprint density at radius 3 is 2.54 bits per heavy atom. The lowest BCUT2D eigenvalue weighted by molar-refractivity contribution is -0.177. The zero-order chi connectivity index (χ0) is 17.4. The standard InChI is InChI=1S/C19H35N3O2/c1-6-20-16(21-15-13-18(4,23-5)17(15,2)3)22-10-7-19(14-22)8-11-24-12-9-19/h15H,6-14H2,1-5H3,(H,20,21). The normalized spacial score (nSPS) is 35.1. The Labute approximate surface area is 147 Å². The molecule has 0 aromatic rings. The molecule has 0 aromatic carbocycles. The van der Waals surface area contributed by atoms with Crippen molar-refractivity contribution >= 4 is 5.96 Å². The number of hydrogen-bond acceptors (Lipinski definition) is 3. The van der Waals surface area contributed by atoms with E-state index in [1.54, 1.807) is 0 Å². The van der Waals surface area contributed by atoms with E-state index in [4.69, 9.17) is 14.5 Å². The second-order valence-corrected chi connectivity index (χ2v) is 8.64. The lowest BCUT2D eigenvalue weighted by Gasteiger charge is -2.59. The van der Waals surface area contributed by atoms with Gasteiger partial charge >= 0.3 is 0 Å². The van der Waals surface area contributed by atoms with Crippen molar-refractivity contribution < 1.29 is 9.47 Å². The summed E-state index contributed by atoms with van der Waals surface area (Å²) >= 11 is 0. The minimum Gasteiger partial charge on any atom is -0.381 e. The zero-order valence-corrected chi connectivity index (χ0v) is 16.2. The summed E-state index contributed by atoms with van der Waals surface area (Å²) < 4.78 is 11.3. The lowest BCUT2D eigenvalue weighted by Crippen LogP contribution is -2.69. The predicted molar refractivity (Wildman–Crippen MR) is 97.4 cm³/mol. The van der Waals surface area contributed by atoms with Gasteiger partial charge in [0.25, 0.3) is 0 Å². The molecule has 1 saturated carbocycles. The highest BCUT2D eigenvalue weighted by Crippen LogP contribution is 2.51. The average Bonchev–Trinajstić information content (AvgIpc) is 2.97. The van der Waals surface area contributed by atoms with E-state index in [2.05, 4.69) is 37.9 Å². The first kappa shape index (κ1) is 18.0. The highest BCUT2D eigenvalue weighted by Gasteiger charge is 2.58. The van der Waals surface area contributed by atoms with Gasteiger partial charge in [0.1, 0.15) is 0 Å². The van der Waals surface area contributed by atoms with Crippen LogP contribution < -0.4 is 5.32 Å².